The topological polar surface area (TPSA) is 55.8 Å². The molecular formula is C21H33NO4. The van der Waals surface area contributed by atoms with Crippen molar-refractivity contribution in [1.29, 1.82) is 0 Å². The molecule has 0 aromatic heterocycles. The predicted molar refractivity (Wildman–Crippen MR) is 104 cm³/mol. The highest BCUT2D eigenvalue weighted by Gasteiger charge is 2.17. The molecule has 1 aromatic rings. The summed E-state index contributed by atoms with van der Waals surface area (Å²) < 4.78 is 10.6. The van der Waals surface area contributed by atoms with E-state index in [1.54, 1.807) is 24.0 Å². The molecule has 1 aromatic carbocycles. The fraction of sp³-hybridized carbons (Fsp3) is 0.619. The van der Waals surface area contributed by atoms with Crippen LogP contribution in [0.3, 0.4) is 0 Å². The molecule has 0 aliphatic heterocycles. The van der Waals surface area contributed by atoms with Crippen LogP contribution in [0.25, 0.3) is 0 Å². The molecule has 0 aliphatic rings. The number of benzene rings is 1. The average molecular weight is 363 g/mol. The minimum Gasteiger partial charge on any atom is -0.491 e. The number of unbranched alkanes of at least 4 members (excludes halogenated alkanes) is 3. The van der Waals surface area contributed by atoms with Gasteiger partial charge in [-0.2, -0.15) is 0 Å². The maximum atomic E-state index is 12.8. The molecule has 0 heterocycles. The van der Waals surface area contributed by atoms with Gasteiger partial charge in [0.2, 0.25) is 0 Å². The van der Waals surface area contributed by atoms with Gasteiger partial charge in [0.15, 0.2) is 0 Å². The third kappa shape index (κ3) is 8.37. The number of hydrogen-bond acceptors (Lipinski definition) is 4. The summed E-state index contributed by atoms with van der Waals surface area (Å²) in [4.78, 5) is 26.3. The van der Waals surface area contributed by atoms with Crippen molar-refractivity contribution in [2.75, 3.05) is 19.7 Å². The summed E-state index contributed by atoms with van der Waals surface area (Å²) in [5.41, 5.74) is 0.612. The van der Waals surface area contributed by atoms with Crippen LogP contribution in [-0.2, 0) is 9.53 Å². The Labute approximate surface area is 157 Å². The predicted octanol–water partition coefficient (Wildman–Crippen LogP) is 4.45. The van der Waals surface area contributed by atoms with Crippen molar-refractivity contribution >= 4 is 11.9 Å². The first-order valence-electron chi connectivity index (χ1n) is 9.69. The van der Waals surface area contributed by atoms with Crippen molar-refractivity contribution in [2.24, 2.45) is 0 Å². The molecule has 1 amide bonds. The molecular weight excluding hydrogens is 330 g/mol. The third-order valence-electron chi connectivity index (χ3n) is 3.93. The molecule has 0 unspecified atom stereocenters. The zero-order valence-electron chi connectivity index (χ0n) is 16.6. The molecule has 0 fully saturated rings. The van der Waals surface area contributed by atoms with Crippen LogP contribution in [-0.4, -0.2) is 42.6 Å². The van der Waals surface area contributed by atoms with Gasteiger partial charge in [-0.05, 0) is 51.5 Å². The van der Waals surface area contributed by atoms with Gasteiger partial charge >= 0.3 is 5.97 Å². The Balaban J connectivity index is 2.72. The normalized spacial score (nSPS) is 10.7. The number of carbonyl (C=O) groups is 2. The van der Waals surface area contributed by atoms with Gasteiger partial charge in [0.1, 0.15) is 5.75 Å². The van der Waals surface area contributed by atoms with Gasteiger partial charge in [0.05, 0.1) is 19.1 Å². The number of hydrogen-bond donors (Lipinski definition) is 0. The van der Waals surface area contributed by atoms with Crippen LogP contribution in [0.2, 0.25) is 0 Å². The number of esters is 1. The monoisotopic (exact) mass is 363 g/mol. The maximum absolute atomic E-state index is 12.8. The minimum atomic E-state index is -0.264. The van der Waals surface area contributed by atoms with E-state index in [9.17, 15) is 9.59 Å². The smallest absolute Gasteiger partial charge is 0.307 e. The number of ether oxygens (including phenoxy) is 2. The van der Waals surface area contributed by atoms with Crippen LogP contribution in [0.15, 0.2) is 24.3 Å². The molecule has 146 valence electrons. The molecule has 0 radical (unpaired) electrons. The Hall–Kier alpha value is -2.04. The highest BCUT2D eigenvalue weighted by atomic mass is 16.5. The largest absolute Gasteiger partial charge is 0.491 e. The van der Waals surface area contributed by atoms with Gasteiger partial charge in [0, 0.05) is 18.7 Å². The summed E-state index contributed by atoms with van der Waals surface area (Å²) in [7, 11) is 0. The van der Waals surface area contributed by atoms with Crippen molar-refractivity contribution < 1.29 is 19.1 Å². The summed E-state index contributed by atoms with van der Waals surface area (Å²) in [5, 5.41) is 0. The van der Waals surface area contributed by atoms with Crippen LogP contribution >= 0.6 is 0 Å². The fourth-order valence-corrected chi connectivity index (χ4v) is 2.63. The van der Waals surface area contributed by atoms with E-state index in [1.165, 1.54) is 0 Å². The first-order chi connectivity index (χ1) is 12.5. The molecule has 0 bridgehead atoms. The fourth-order valence-electron chi connectivity index (χ4n) is 2.63. The van der Waals surface area contributed by atoms with Crippen LogP contribution in [0, 0.1) is 0 Å². The molecule has 5 nitrogen and oxygen atoms in total. The van der Waals surface area contributed by atoms with Crippen molar-refractivity contribution in [3.63, 3.8) is 0 Å². The zero-order chi connectivity index (χ0) is 19.4. The van der Waals surface area contributed by atoms with Gasteiger partial charge < -0.3 is 14.4 Å². The van der Waals surface area contributed by atoms with Gasteiger partial charge in [-0.3, -0.25) is 9.59 Å². The van der Waals surface area contributed by atoms with Gasteiger partial charge in [-0.1, -0.05) is 26.2 Å². The second-order valence-electron chi connectivity index (χ2n) is 6.60. The third-order valence-corrected chi connectivity index (χ3v) is 3.93. The van der Waals surface area contributed by atoms with E-state index in [1.807, 2.05) is 26.0 Å². The lowest BCUT2D eigenvalue weighted by molar-refractivity contribution is -0.143. The Morgan fingerprint density at radius 2 is 1.69 bits per heavy atom. The lowest BCUT2D eigenvalue weighted by Crippen LogP contribution is -2.34. The second kappa shape index (κ2) is 12.3. The standard InChI is InChI=1S/C21H33NO4/c1-5-7-8-9-15-22(16-14-20(23)25-6-2)21(24)18-10-12-19(13-11-18)26-17(3)4/h10-13,17H,5-9,14-16H2,1-4H3. The van der Waals surface area contributed by atoms with Crippen molar-refractivity contribution in [3.8, 4) is 5.75 Å². The van der Waals surface area contributed by atoms with Gasteiger partial charge in [0.25, 0.3) is 5.91 Å². The molecule has 26 heavy (non-hydrogen) atoms. The SMILES string of the molecule is CCCCCCN(CCC(=O)OCC)C(=O)c1ccc(OC(C)C)cc1. The van der Waals surface area contributed by atoms with Crippen LogP contribution in [0.5, 0.6) is 5.75 Å². The summed E-state index contributed by atoms with van der Waals surface area (Å²) in [6.07, 6.45) is 4.64. The molecule has 0 saturated heterocycles. The van der Waals surface area contributed by atoms with Crippen LogP contribution < -0.4 is 4.74 Å². The average Bonchev–Trinajstić information content (AvgIpc) is 2.61. The van der Waals surface area contributed by atoms with E-state index in [0.717, 1.165) is 31.4 Å². The van der Waals surface area contributed by atoms with E-state index >= 15 is 0 Å². The van der Waals surface area contributed by atoms with Crippen LogP contribution in [0.1, 0.15) is 70.2 Å². The lowest BCUT2D eigenvalue weighted by Gasteiger charge is -2.22. The van der Waals surface area contributed by atoms with E-state index in [0.29, 0.717) is 25.3 Å². The van der Waals surface area contributed by atoms with Crippen LogP contribution in [0.4, 0.5) is 0 Å². The summed E-state index contributed by atoms with van der Waals surface area (Å²) in [6, 6.07) is 7.19. The van der Waals surface area contributed by atoms with E-state index in [4.69, 9.17) is 9.47 Å². The van der Waals surface area contributed by atoms with Crippen molar-refractivity contribution in [1.82, 2.24) is 4.90 Å². The first kappa shape index (κ1) is 22.0. The lowest BCUT2D eigenvalue weighted by atomic mass is 10.1. The summed E-state index contributed by atoms with van der Waals surface area (Å²) in [5.74, 6) is 0.430. The van der Waals surface area contributed by atoms with E-state index in [2.05, 4.69) is 6.92 Å². The quantitative estimate of drug-likeness (QED) is 0.407. The first-order valence-corrected chi connectivity index (χ1v) is 9.69. The Morgan fingerprint density at radius 3 is 2.27 bits per heavy atom. The molecule has 0 spiro atoms. The zero-order valence-corrected chi connectivity index (χ0v) is 16.6. The molecule has 0 N–H and O–H groups in total. The number of carbonyl (C=O) groups excluding carboxylic acids is 2. The van der Waals surface area contributed by atoms with Gasteiger partial charge in [-0.15, -0.1) is 0 Å². The Bertz CT molecular complexity index is 539. The summed E-state index contributed by atoms with van der Waals surface area (Å²) >= 11 is 0. The second-order valence-corrected chi connectivity index (χ2v) is 6.60. The summed E-state index contributed by atoms with van der Waals surface area (Å²) in [6.45, 7) is 9.27. The maximum Gasteiger partial charge on any atom is 0.307 e. The highest BCUT2D eigenvalue weighted by Crippen LogP contribution is 2.16. The van der Waals surface area contributed by atoms with E-state index in [-0.39, 0.29) is 24.4 Å². The number of amides is 1. The molecule has 5 heteroatoms. The molecule has 0 atom stereocenters. The van der Waals surface area contributed by atoms with E-state index < -0.39 is 0 Å². The molecule has 1 rings (SSSR count). The Morgan fingerprint density at radius 1 is 1.00 bits per heavy atom. The highest BCUT2D eigenvalue weighted by molar-refractivity contribution is 5.94. The van der Waals surface area contributed by atoms with Crippen molar-refractivity contribution in [2.45, 2.75) is 65.9 Å². The van der Waals surface area contributed by atoms with Crippen molar-refractivity contribution in [3.05, 3.63) is 29.8 Å². The molecule has 0 aliphatic carbocycles. The Kier molecular flexibility index (Phi) is 10.4. The number of nitrogens with zero attached hydrogens (tertiary/aromatic N) is 1. The van der Waals surface area contributed by atoms with Gasteiger partial charge in [-0.25, -0.2) is 0 Å². The number of rotatable bonds is 12. The minimum absolute atomic E-state index is 0.0538. The molecule has 0 saturated carbocycles.